The molecule has 0 aliphatic heterocycles. The lowest BCUT2D eigenvalue weighted by Crippen LogP contribution is -2.84. The number of hydrogen-bond donors (Lipinski definition) is 2. The molecule has 35 heavy (non-hydrogen) atoms. The lowest BCUT2D eigenvalue weighted by atomic mass is 9.80. The molecule has 0 spiro atoms. The van der Waals surface area contributed by atoms with Gasteiger partial charge in [0.1, 0.15) is 0 Å². The Morgan fingerprint density at radius 1 is 0.514 bits per heavy atom. The molecule has 0 bridgehead atoms. The van der Waals surface area contributed by atoms with Gasteiger partial charge in [-0.05, 0) is 69.8 Å². The van der Waals surface area contributed by atoms with Crippen LogP contribution in [0.1, 0.15) is 130 Å². The van der Waals surface area contributed by atoms with Crippen LogP contribution in [0, 0.1) is 0 Å². The summed E-state index contributed by atoms with van der Waals surface area (Å²) in [6.07, 6.45) is 20.0. The maximum Gasteiger partial charge on any atom is 0.0755 e. The number of nitrogens with two attached hydrogens (primary N) is 2. The van der Waals surface area contributed by atoms with E-state index in [2.05, 4.69) is 45.3 Å². The largest absolute Gasteiger partial charge is 0.889 e. The number of unbranched alkanes of at least 4 members (excludes halogenated alkanes) is 9. The van der Waals surface area contributed by atoms with Gasteiger partial charge in [0.25, 0.3) is 0 Å². The van der Waals surface area contributed by atoms with E-state index in [0.717, 1.165) is 19.3 Å². The number of aryl methyl sites for hydroxylation is 1. The van der Waals surface area contributed by atoms with Crippen LogP contribution in [0.15, 0.2) is 24.3 Å². The molecule has 0 saturated carbocycles. The molecule has 0 heterocycles. The highest BCUT2D eigenvalue weighted by Crippen LogP contribution is 2.02. The Kier molecular flexibility index (Phi) is 32.3. The van der Waals surface area contributed by atoms with Crippen molar-refractivity contribution < 1.29 is 20.7 Å². The topological polar surface area (TPSA) is 79.3 Å². The summed E-state index contributed by atoms with van der Waals surface area (Å²) in [6.45, 7) is 16.6. The first-order chi connectivity index (χ1) is 17.1. The van der Waals surface area contributed by atoms with Gasteiger partial charge in [-0.3, -0.25) is 0 Å². The highest BCUT2D eigenvalue weighted by molar-refractivity contribution is 6.55. The quantitative estimate of drug-likeness (QED) is 0.216. The van der Waals surface area contributed by atoms with Gasteiger partial charge >= 0.3 is 0 Å². The first kappa shape index (κ1) is 36.3. The van der Waals surface area contributed by atoms with Crippen molar-refractivity contribution in [2.24, 2.45) is 0 Å². The summed E-state index contributed by atoms with van der Waals surface area (Å²) in [7, 11) is -1.85. The average Bonchev–Trinajstić information content (AvgIpc) is 2.87. The first-order valence-electron chi connectivity index (χ1n) is 15.1. The normalized spacial score (nSPS) is 10.3. The van der Waals surface area contributed by atoms with Crippen LogP contribution in [0.25, 0.3) is 0 Å². The molecule has 0 unspecified atom stereocenters. The van der Waals surface area contributed by atoms with Crippen molar-refractivity contribution >= 4 is 12.6 Å². The SMILES string of the molecule is CCCCC[NH2+]CCCCC.CCCCC[NH2+]CCCCC.CCCCc1ccc(B([O-])[O-])cc1. The Labute approximate surface area is 220 Å². The fourth-order valence-corrected chi connectivity index (χ4v) is 3.67. The molecule has 0 radical (unpaired) electrons. The molecule has 0 amide bonds. The van der Waals surface area contributed by atoms with Gasteiger partial charge < -0.3 is 20.7 Å². The second kappa shape index (κ2) is 31.2. The third kappa shape index (κ3) is 29.2. The van der Waals surface area contributed by atoms with Gasteiger partial charge in [0.2, 0.25) is 0 Å². The van der Waals surface area contributed by atoms with E-state index in [1.54, 1.807) is 12.1 Å². The van der Waals surface area contributed by atoms with Crippen LogP contribution in [0.3, 0.4) is 0 Å². The Hall–Kier alpha value is -0.875. The molecule has 0 atom stereocenters. The highest BCUT2D eigenvalue weighted by atomic mass is 16.4. The Bertz CT molecular complexity index is 464. The third-order valence-corrected chi connectivity index (χ3v) is 6.12. The molecule has 0 aromatic heterocycles. The lowest BCUT2D eigenvalue weighted by molar-refractivity contribution is -0.655. The molecule has 1 aromatic carbocycles. The molecule has 0 aliphatic rings. The van der Waals surface area contributed by atoms with Gasteiger partial charge in [0, 0.05) is 0 Å². The molecule has 0 saturated heterocycles. The smallest absolute Gasteiger partial charge is 0.0755 e. The van der Waals surface area contributed by atoms with Crippen molar-refractivity contribution in [2.45, 2.75) is 131 Å². The van der Waals surface area contributed by atoms with Crippen molar-refractivity contribution in [2.75, 3.05) is 26.2 Å². The number of rotatable bonds is 20. The van der Waals surface area contributed by atoms with E-state index in [0.29, 0.717) is 5.46 Å². The van der Waals surface area contributed by atoms with Gasteiger partial charge in [-0.15, -0.1) is 5.46 Å². The average molecular weight is 493 g/mol. The Morgan fingerprint density at radius 3 is 1.14 bits per heavy atom. The molecule has 0 fully saturated rings. The van der Waals surface area contributed by atoms with Gasteiger partial charge in [-0.1, -0.05) is 98.1 Å². The molecular weight excluding hydrogens is 431 g/mol. The fourth-order valence-electron chi connectivity index (χ4n) is 3.67. The van der Waals surface area contributed by atoms with Crippen LogP contribution in [-0.2, 0) is 6.42 Å². The summed E-state index contributed by atoms with van der Waals surface area (Å²) < 4.78 is 0. The maximum atomic E-state index is 10.5. The molecule has 206 valence electrons. The molecule has 1 aromatic rings. The van der Waals surface area contributed by atoms with Crippen LogP contribution in [-0.4, -0.2) is 33.3 Å². The van der Waals surface area contributed by atoms with E-state index < -0.39 is 7.12 Å². The monoisotopic (exact) mass is 492 g/mol. The predicted molar refractivity (Wildman–Crippen MR) is 152 cm³/mol. The second-order valence-corrected chi connectivity index (χ2v) is 9.74. The summed E-state index contributed by atoms with van der Waals surface area (Å²) in [4.78, 5) is 0. The van der Waals surface area contributed by atoms with Gasteiger partial charge in [0.15, 0.2) is 0 Å². The van der Waals surface area contributed by atoms with Crippen LogP contribution in [0.2, 0.25) is 0 Å². The Morgan fingerprint density at radius 2 is 0.857 bits per heavy atom. The number of benzene rings is 1. The van der Waals surface area contributed by atoms with Crippen molar-refractivity contribution in [1.29, 1.82) is 0 Å². The standard InChI is InChI=1S/C10H13BO2.2C10H23N/c1-2-3-4-9-5-7-10(8-6-9)11(12)13;2*1-3-5-7-9-11-10-8-6-4-2/h5-8H,2-4H2,1H3;2*11H,3-10H2,1-2H3/q-2;;/p+2. The van der Waals surface area contributed by atoms with E-state index in [1.165, 1.54) is 109 Å². The van der Waals surface area contributed by atoms with Crippen molar-refractivity contribution in [3.8, 4) is 0 Å². The summed E-state index contributed by atoms with van der Waals surface area (Å²) in [5, 5.41) is 25.9. The molecule has 4 N–H and O–H groups in total. The van der Waals surface area contributed by atoms with Crippen LogP contribution < -0.4 is 26.1 Å². The van der Waals surface area contributed by atoms with Crippen LogP contribution >= 0.6 is 0 Å². The van der Waals surface area contributed by atoms with E-state index >= 15 is 0 Å². The van der Waals surface area contributed by atoms with Crippen molar-refractivity contribution in [3.05, 3.63) is 29.8 Å². The lowest BCUT2D eigenvalue weighted by Gasteiger charge is -2.26. The number of hydrogen-bond acceptors (Lipinski definition) is 2. The van der Waals surface area contributed by atoms with Gasteiger partial charge in [-0.2, -0.15) is 0 Å². The van der Waals surface area contributed by atoms with Crippen LogP contribution in [0.5, 0.6) is 0 Å². The second-order valence-electron chi connectivity index (χ2n) is 9.74. The zero-order chi connectivity index (χ0) is 26.4. The van der Waals surface area contributed by atoms with E-state index in [4.69, 9.17) is 0 Å². The van der Waals surface area contributed by atoms with E-state index in [-0.39, 0.29) is 0 Å². The third-order valence-electron chi connectivity index (χ3n) is 6.12. The zero-order valence-corrected chi connectivity index (χ0v) is 24.3. The molecule has 4 nitrogen and oxygen atoms in total. The van der Waals surface area contributed by atoms with Crippen molar-refractivity contribution in [1.82, 2.24) is 0 Å². The van der Waals surface area contributed by atoms with E-state index in [9.17, 15) is 10.0 Å². The van der Waals surface area contributed by atoms with Crippen molar-refractivity contribution in [3.63, 3.8) is 0 Å². The zero-order valence-electron chi connectivity index (χ0n) is 24.3. The summed E-state index contributed by atoms with van der Waals surface area (Å²) in [5.74, 6) is 0. The Balaban J connectivity index is 0. The minimum atomic E-state index is -1.85. The van der Waals surface area contributed by atoms with Gasteiger partial charge in [-0.25, -0.2) is 0 Å². The first-order valence-corrected chi connectivity index (χ1v) is 15.1. The molecule has 1 rings (SSSR count). The summed E-state index contributed by atoms with van der Waals surface area (Å²) in [5.41, 5.74) is 1.53. The molecule has 5 heteroatoms. The highest BCUT2D eigenvalue weighted by Gasteiger charge is 1.93. The molecular formula is C30H61BN2O2. The van der Waals surface area contributed by atoms with Crippen LogP contribution in [0.4, 0.5) is 0 Å². The summed E-state index contributed by atoms with van der Waals surface area (Å²) >= 11 is 0. The minimum absolute atomic E-state index is 0.334. The number of quaternary nitrogens is 2. The minimum Gasteiger partial charge on any atom is -0.889 e. The fraction of sp³-hybridized carbons (Fsp3) is 0.800. The van der Waals surface area contributed by atoms with Gasteiger partial charge in [0.05, 0.1) is 26.2 Å². The summed E-state index contributed by atoms with van der Waals surface area (Å²) in [6, 6.07) is 7.01. The maximum absolute atomic E-state index is 10.5. The van der Waals surface area contributed by atoms with E-state index in [1.807, 2.05) is 12.1 Å². The molecule has 0 aliphatic carbocycles. The predicted octanol–water partition coefficient (Wildman–Crippen LogP) is 3.31.